The molecule has 0 unspecified atom stereocenters. The van der Waals surface area contributed by atoms with Gasteiger partial charge in [-0.15, -0.1) is 0 Å². The highest BCUT2D eigenvalue weighted by Crippen LogP contribution is 2.04. The summed E-state index contributed by atoms with van der Waals surface area (Å²) in [4.78, 5) is 3.91. The van der Waals surface area contributed by atoms with Gasteiger partial charge in [0.15, 0.2) is 0 Å². The van der Waals surface area contributed by atoms with Gasteiger partial charge in [-0.25, -0.2) is 13.1 Å². The van der Waals surface area contributed by atoms with E-state index in [9.17, 15) is 8.42 Å². The molecule has 1 aromatic rings. The van der Waals surface area contributed by atoms with E-state index in [1.165, 1.54) is 18.5 Å². The highest BCUT2D eigenvalue weighted by Gasteiger charge is 2.12. The van der Waals surface area contributed by atoms with Crippen LogP contribution in [0.15, 0.2) is 29.4 Å². The van der Waals surface area contributed by atoms with Gasteiger partial charge >= 0.3 is 0 Å². The molecule has 0 aliphatic rings. The fraction of sp³-hybridized carbons (Fsp3) is 0.444. The highest BCUT2D eigenvalue weighted by atomic mass is 32.2. The fourth-order valence-corrected chi connectivity index (χ4v) is 1.96. The number of nitrogens with one attached hydrogen (secondary N) is 1. The molecule has 0 aromatic carbocycles. The van der Waals surface area contributed by atoms with Crippen LogP contribution in [0.4, 0.5) is 0 Å². The number of rotatable bonds is 6. The maximum atomic E-state index is 11.6. The van der Waals surface area contributed by atoms with Gasteiger partial charge in [0.25, 0.3) is 0 Å². The van der Waals surface area contributed by atoms with E-state index in [2.05, 4.69) is 9.71 Å². The van der Waals surface area contributed by atoms with Gasteiger partial charge in [0.1, 0.15) is 4.90 Å². The Balaban J connectivity index is 2.53. The van der Waals surface area contributed by atoms with Crippen molar-refractivity contribution in [1.29, 1.82) is 0 Å². The second-order valence-corrected chi connectivity index (χ2v) is 4.55. The van der Waals surface area contributed by atoms with Crippen molar-refractivity contribution in [3.8, 4) is 0 Å². The van der Waals surface area contributed by atoms with Crippen LogP contribution in [0.3, 0.4) is 0 Å². The molecule has 84 valence electrons. The average molecular weight is 230 g/mol. The van der Waals surface area contributed by atoms with Crippen LogP contribution in [0.25, 0.3) is 0 Å². The van der Waals surface area contributed by atoms with Crippen LogP contribution in [0.5, 0.6) is 0 Å². The predicted molar refractivity (Wildman–Crippen MR) is 55.9 cm³/mol. The summed E-state index contributed by atoms with van der Waals surface area (Å²) in [5, 5.41) is 0. The lowest BCUT2D eigenvalue weighted by molar-refractivity contribution is 0.153. The monoisotopic (exact) mass is 230 g/mol. The van der Waals surface area contributed by atoms with Gasteiger partial charge in [0, 0.05) is 25.5 Å². The molecule has 0 fully saturated rings. The maximum absolute atomic E-state index is 11.6. The number of nitrogens with zero attached hydrogens (tertiary/aromatic N) is 1. The third-order valence-electron chi connectivity index (χ3n) is 1.69. The van der Waals surface area contributed by atoms with Crippen molar-refractivity contribution in [1.82, 2.24) is 9.71 Å². The lowest BCUT2D eigenvalue weighted by atomic mass is 10.5. The normalized spacial score (nSPS) is 11.5. The zero-order chi connectivity index (χ0) is 11.1. The molecule has 1 N–H and O–H groups in total. The first-order valence-corrected chi connectivity index (χ1v) is 6.12. The van der Waals surface area contributed by atoms with Crippen LogP contribution < -0.4 is 4.72 Å². The first-order valence-electron chi connectivity index (χ1n) is 4.64. The Morgan fingerprint density at radius 2 is 2.33 bits per heavy atom. The minimum atomic E-state index is -3.43. The highest BCUT2D eigenvalue weighted by molar-refractivity contribution is 7.89. The van der Waals surface area contributed by atoms with Crippen molar-refractivity contribution < 1.29 is 13.2 Å². The smallest absolute Gasteiger partial charge is 0.242 e. The number of ether oxygens (including phenoxy) is 1. The summed E-state index contributed by atoms with van der Waals surface area (Å²) in [6, 6.07) is 3.08. The van der Waals surface area contributed by atoms with Crippen molar-refractivity contribution >= 4 is 10.0 Å². The van der Waals surface area contributed by atoms with E-state index in [0.29, 0.717) is 13.2 Å². The molecule has 0 spiro atoms. The van der Waals surface area contributed by atoms with E-state index in [1.54, 1.807) is 6.07 Å². The van der Waals surface area contributed by atoms with E-state index < -0.39 is 10.0 Å². The third-order valence-corrected chi connectivity index (χ3v) is 3.13. The summed E-state index contributed by atoms with van der Waals surface area (Å²) in [6.07, 6.45) is 2.84. The molecule has 1 heterocycles. The number of sulfonamides is 1. The fourth-order valence-electron chi connectivity index (χ4n) is 0.982. The van der Waals surface area contributed by atoms with Crippen LogP contribution >= 0.6 is 0 Å². The van der Waals surface area contributed by atoms with E-state index in [0.717, 1.165) is 0 Å². The minimum absolute atomic E-state index is 0.168. The summed E-state index contributed by atoms with van der Waals surface area (Å²) in [7, 11) is -3.43. The molecule has 0 bridgehead atoms. The molecule has 6 heteroatoms. The Hall–Kier alpha value is -0.980. The van der Waals surface area contributed by atoms with Gasteiger partial charge in [-0.2, -0.15) is 0 Å². The molecule has 15 heavy (non-hydrogen) atoms. The largest absolute Gasteiger partial charge is 0.380 e. The van der Waals surface area contributed by atoms with Crippen molar-refractivity contribution in [3.05, 3.63) is 24.5 Å². The number of pyridine rings is 1. The Labute approximate surface area is 89.5 Å². The Morgan fingerprint density at radius 1 is 1.53 bits per heavy atom. The Kier molecular flexibility index (Phi) is 4.67. The van der Waals surface area contributed by atoms with Crippen LogP contribution in [0.1, 0.15) is 6.92 Å². The molecule has 0 saturated heterocycles. The van der Waals surface area contributed by atoms with E-state index in [1.807, 2.05) is 6.92 Å². The topological polar surface area (TPSA) is 68.3 Å². The Bertz CT molecular complexity index is 378. The molecule has 1 aromatic heterocycles. The summed E-state index contributed by atoms with van der Waals surface area (Å²) in [5.41, 5.74) is 0. The van der Waals surface area contributed by atoms with Crippen LogP contribution in [0.2, 0.25) is 0 Å². The SMILES string of the molecule is CCOCCNS(=O)(=O)c1cccnc1. The molecule has 5 nitrogen and oxygen atoms in total. The first kappa shape index (κ1) is 12.1. The van der Waals surface area contributed by atoms with Crippen molar-refractivity contribution in [3.63, 3.8) is 0 Å². The summed E-state index contributed by atoms with van der Waals surface area (Å²) in [5.74, 6) is 0. The van der Waals surface area contributed by atoms with Gasteiger partial charge < -0.3 is 4.74 Å². The molecular weight excluding hydrogens is 216 g/mol. The summed E-state index contributed by atoms with van der Waals surface area (Å²) in [6.45, 7) is 3.07. The second kappa shape index (κ2) is 5.79. The maximum Gasteiger partial charge on any atom is 0.242 e. The zero-order valence-electron chi connectivity index (χ0n) is 8.51. The van der Waals surface area contributed by atoms with Gasteiger partial charge in [-0.1, -0.05) is 0 Å². The van der Waals surface area contributed by atoms with E-state index >= 15 is 0 Å². The van der Waals surface area contributed by atoms with Crippen LogP contribution in [-0.2, 0) is 14.8 Å². The molecule has 0 radical (unpaired) electrons. The molecular formula is C9H14N2O3S. The van der Waals surface area contributed by atoms with Gasteiger partial charge in [-0.05, 0) is 19.1 Å². The zero-order valence-corrected chi connectivity index (χ0v) is 9.33. The number of aromatic nitrogens is 1. The lowest BCUT2D eigenvalue weighted by Crippen LogP contribution is -2.27. The molecule has 0 atom stereocenters. The summed E-state index contributed by atoms with van der Waals surface area (Å²) >= 11 is 0. The van der Waals surface area contributed by atoms with Gasteiger partial charge in [0.2, 0.25) is 10.0 Å². The first-order chi connectivity index (χ1) is 7.17. The Morgan fingerprint density at radius 3 is 2.93 bits per heavy atom. The van der Waals surface area contributed by atoms with E-state index in [-0.39, 0.29) is 11.4 Å². The van der Waals surface area contributed by atoms with Crippen molar-refractivity contribution in [2.45, 2.75) is 11.8 Å². The van der Waals surface area contributed by atoms with Gasteiger partial charge in [0.05, 0.1) is 6.61 Å². The quantitative estimate of drug-likeness (QED) is 0.718. The predicted octanol–water partition coefficient (Wildman–Crippen LogP) is 0.396. The number of hydrogen-bond donors (Lipinski definition) is 1. The number of hydrogen-bond acceptors (Lipinski definition) is 4. The lowest BCUT2D eigenvalue weighted by Gasteiger charge is -2.05. The third kappa shape index (κ3) is 3.94. The van der Waals surface area contributed by atoms with Crippen LogP contribution in [0, 0.1) is 0 Å². The standard InChI is InChI=1S/C9H14N2O3S/c1-2-14-7-6-11-15(12,13)9-4-3-5-10-8-9/h3-5,8,11H,2,6-7H2,1H3. The molecule has 0 aliphatic heterocycles. The molecule has 1 rings (SSSR count). The molecule has 0 amide bonds. The molecule has 0 saturated carbocycles. The van der Waals surface area contributed by atoms with Crippen molar-refractivity contribution in [2.75, 3.05) is 19.8 Å². The molecule has 0 aliphatic carbocycles. The minimum Gasteiger partial charge on any atom is -0.380 e. The van der Waals surface area contributed by atoms with Crippen LogP contribution in [-0.4, -0.2) is 33.2 Å². The average Bonchev–Trinajstić information content (AvgIpc) is 2.26. The van der Waals surface area contributed by atoms with E-state index in [4.69, 9.17) is 4.74 Å². The summed E-state index contributed by atoms with van der Waals surface area (Å²) < 4.78 is 30.6. The van der Waals surface area contributed by atoms with Crippen molar-refractivity contribution in [2.24, 2.45) is 0 Å². The second-order valence-electron chi connectivity index (χ2n) is 2.78. The van der Waals surface area contributed by atoms with Gasteiger partial charge in [-0.3, -0.25) is 4.98 Å².